The number of nitrogens with zero attached hydrogens (tertiary/aromatic N) is 1. The SMILES string of the molecule is Nc1nc(C#CC2CC2)cs1. The van der Waals surface area contributed by atoms with Gasteiger partial charge in [-0.2, -0.15) is 0 Å². The van der Waals surface area contributed by atoms with Gasteiger partial charge in [-0.25, -0.2) is 4.98 Å². The quantitative estimate of drug-likeness (QED) is 0.590. The lowest BCUT2D eigenvalue weighted by molar-refractivity contribution is 1.18. The van der Waals surface area contributed by atoms with Gasteiger partial charge in [-0.05, 0) is 18.8 Å². The van der Waals surface area contributed by atoms with Gasteiger partial charge in [0.15, 0.2) is 5.13 Å². The van der Waals surface area contributed by atoms with Crippen molar-refractivity contribution in [3.63, 3.8) is 0 Å². The van der Waals surface area contributed by atoms with E-state index in [-0.39, 0.29) is 0 Å². The molecule has 1 heterocycles. The predicted octanol–water partition coefficient (Wildman–Crippen LogP) is 1.49. The monoisotopic (exact) mass is 164 g/mol. The number of nitrogens with two attached hydrogens (primary N) is 1. The van der Waals surface area contributed by atoms with E-state index >= 15 is 0 Å². The molecule has 2 rings (SSSR count). The van der Waals surface area contributed by atoms with E-state index in [1.54, 1.807) is 0 Å². The van der Waals surface area contributed by atoms with Gasteiger partial charge in [-0.1, -0.05) is 5.92 Å². The smallest absolute Gasteiger partial charge is 0.181 e. The van der Waals surface area contributed by atoms with E-state index in [1.807, 2.05) is 5.38 Å². The van der Waals surface area contributed by atoms with Crippen molar-refractivity contribution in [1.29, 1.82) is 0 Å². The number of nitrogen functional groups attached to an aromatic ring is 1. The second-order valence-electron chi connectivity index (χ2n) is 2.61. The Morgan fingerprint density at radius 2 is 2.45 bits per heavy atom. The molecule has 11 heavy (non-hydrogen) atoms. The largest absolute Gasteiger partial charge is 0.375 e. The molecule has 1 aliphatic carbocycles. The molecule has 0 saturated heterocycles. The Morgan fingerprint density at radius 3 is 3.00 bits per heavy atom. The zero-order chi connectivity index (χ0) is 7.68. The van der Waals surface area contributed by atoms with Gasteiger partial charge in [-0.3, -0.25) is 0 Å². The van der Waals surface area contributed by atoms with E-state index in [2.05, 4.69) is 16.8 Å². The predicted molar refractivity (Wildman–Crippen MR) is 46.1 cm³/mol. The minimum atomic E-state index is 0.602. The number of rotatable bonds is 0. The molecule has 1 aliphatic rings. The van der Waals surface area contributed by atoms with Crippen molar-refractivity contribution in [3.05, 3.63) is 11.1 Å². The topological polar surface area (TPSA) is 38.9 Å². The number of aromatic nitrogens is 1. The molecule has 0 bridgehead atoms. The summed E-state index contributed by atoms with van der Waals surface area (Å²) in [5, 5.41) is 2.50. The van der Waals surface area contributed by atoms with Gasteiger partial charge in [0.25, 0.3) is 0 Å². The van der Waals surface area contributed by atoms with Gasteiger partial charge in [0, 0.05) is 11.3 Å². The van der Waals surface area contributed by atoms with E-state index in [4.69, 9.17) is 5.73 Å². The highest BCUT2D eigenvalue weighted by Crippen LogP contribution is 2.27. The molecule has 1 saturated carbocycles. The summed E-state index contributed by atoms with van der Waals surface area (Å²) in [5.74, 6) is 6.76. The van der Waals surface area contributed by atoms with E-state index in [9.17, 15) is 0 Å². The Balaban J connectivity index is 2.12. The van der Waals surface area contributed by atoms with Crippen LogP contribution in [-0.2, 0) is 0 Å². The molecule has 56 valence electrons. The highest BCUT2D eigenvalue weighted by molar-refractivity contribution is 7.13. The van der Waals surface area contributed by atoms with Gasteiger partial charge in [0.2, 0.25) is 0 Å². The average Bonchev–Trinajstić information content (AvgIpc) is 2.72. The molecule has 1 aromatic rings. The van der Waals surface area contributed by atoms with Crippen LogP contribution in [0.4, 0.5) is 5.13 Å². The van der Waals surface area contributed by atoms with Gasteiger partial charge in [0.1, 0.15) is 5.69 Å². The summed E-state index contributed by atoms with van der Waals surface area (Å²) in [6.45, 7) is 0. The van der Waals surface area contributed by atoms with Crippen LogP contribution in [0.2, 0.25) is 0 Å². The third-order valence-corrected chi connectivity index (χ3v) is 2.18. The number of hydrogen-bond donors (Lipinski definition) is 1. The summed E-state index contributed by atoms with van der Waals surface area (Å²) in [6, 6.07) is 0. The second kappa shape index (κ2) is 2.55. The van der Waals surface area contributed by atoms with Crippen LogP contribution in [0.15, 0.2) is 5.38 Å². The van der Waals surface area contributed by atoms with Crippen LogP contribution in [0.1, 0.15) is 18.5 Å². The molecule has 0 spiro atoms. The Bertz CT molecular complexity index is 314. The molecule has 2 N–H and O–H groups in total. The van der Waals surface area contributed by atoms with Crippen LogP contribution in [0, 0.1) is 17.8 Å². The maximum absolute atomic E-state index is 5.44. The zero-order valence-electron chi connectivity index (χ0n) is 6.00. The van der Waals surface area contributed by atoms with Crippen molar-refractivity contribution in [1.82, 2.24) is 4.98 Å². The number of hydrogen-bond acceptors (Lipinski definition) is 3. The number of thiazole rings is 1. The molecular formula is C8H8N2S. The maximum atomic E-state index is 5.44. The molecule has 1 fully saturated rings. The Kier molecular flexibility index (Phi) is 1.55. The van der Waals surface area contributed by atoms with Gasteiger partial charge in [-0.15, -0.1) is 11.3 Å². The van der Waals surface area contributed by atoms with Crippen LogP contribution < -0.4 is 5.73 Å². The fourth-order valence-electron chi connectivity index (χ4n) is 0.749. The van der Waals surface area contributed by atoms with Crippen molar-refractivity contribution in [2.45, 2.75) is 12.8 Å². The van der Waals surface area contributed by atoms with Crippen molar-refractivity contribution in [3.8, 4) is 11.8 Å². The second-order valence-corrected chi connectivity index (χ2v) is 3.50. The van der Waals surface area contributed by atoms with Crippen molar-refractivity contribution in [2.24, 2.45) is 5.92 Å². The lowest BCUT2D eigenvalue weighted by Gasteiger charge is -1.75. The summed E-state index contributed by atoms with van der Waals surface area (Å²) < 4.78 is 0. The first kappa shape index (κ1) is 6.68. The first-order chi connectivity index (χ1) is 5.34. The van der Waals surface area contributed by atoms with E-state index in [1.165, 1.54) is 24.2 Å². The third kappa shape index (κ3) is 1.72. The van der Waals surface area contributed by atoms with Crippen molar-refractivity contribution in [2.75, 3.05) is 5.73 Å². The Hall–Kier alpha value is -1.01. The minimum absolute atomic E-state index is 0.602. The lowest BCUT2D eigenvalue weighted by atomic mass is 10.4. The van der Waals surface area contributed by atoms with Gasteiger partial charge < -0.3 is 5.73 Å². The Morgan fingerprint density at radius 1 is 1.64 bits per heavy atom. The summed E-state index contributed by atoms with van der Waals surface area (Å²) in [5.41, 5.74) is 6.26. The van der Waals surface area contributed by atoms with Crippen LogP contribution in [-0.4, -0.2) is 4.98 Å². The minimum Gasteiger partial charge on any atom is -0.375 e. The van der Waals surface area contributed by atoms with Crippen molar-refractivity contribution >= 4 is 16.5 Å². The molecular weight excluding hydrogens is 156 g/mol. The Labute approximate surface area is 69.4 Å². The molecule has 2 nitrogen and oxygen atoms in total. The fourth-order valence-corrected chi connectivity index (χ4v) is 1.24. The van der Waals surface area contributed by atoms with Gasteiger partial charge >= 0.3 is 0 Å². The molecule has 0 aliphatic heterocycles. The highest BCUT2D eigenvalue weighted by atomic mass is 32.1. The molecule has 0 amide bonds. The first-order valence-electron chi connectivity index (χ1n) is 3.57. The van der Waals surface area contributed by atoms with Crippen LogP contribution in [0.5, 0.6) is 0 Å². The maximum Gasteiger partial charge on any atom is 0.181 e. The molecule has 0 atom stereocenters. The number of anilines is 1. The summed E-state index contributed by atoms with van der Waals surface area (Å²) in [7, 11) is 0. The highest BCUT2D eigenvalue weighted by Gasteiger charge is 2.17. The summed E-state index contributed by atoms with van der Waals surface area (Å²) in [6.07, 6.45) is 2.51. The average molecular weight is 164 g/mol. The normalized spacial score (nSPS) is 15.6. The molecule has 0 radical (unpaired) electrons. The van der Waals surface area contributed by atoms with Crippen LogP contribution >= 0.6 is 11.3 Å². The molecule has 0 unspecified atom stereocenters. The lowest BCUT2D eigenvalue weighted by Crippen LogP contribution is -1.81. The molecule has 0 aromatic carbocycles. The van der Waals surface area contributed by atoms with Crippen LogP contribution in [0.3, 0.4) is 0 Å². The van der Waals surface area contributed by atoms with Crippen LogP contribution in [0.25, 0.3) is 0 Å². The summed E-state index contributed by atoms with van der Waals surface area (Å²) in [4.78, 5) is 4.03. The van der Waals surface area contributed by atoms with Crippen molar-refractivity contribution < 1.29 is 0 Å². The zero-order valence-corrected chi connectivity index (χ0v) is 6.82. The molecule has 3 heteroatoms. The molecule has 1 aromatic heterocycles. The summed E-state index contributed by atoms with van der Waals surface area (Å²) >= 11 is 1.44. The fraction of sp³-hybridized carbons (Fsp3) is 0.375. The third-order valence-electron chi connectivity index (χ3n) is 1.50. The first-order valence-corrected chi connectivity index (χ1v) is 4.45. The van der Waals surface area contributed by atoms with E-state index in [0.717, 1.165) is 5.69 Å². The van der Waals surface area contributed by atoms with E-state index in [0.29, 0.717) is 11.0 Å². The standard InChI is InChI=1S/C8H8N2S/c9-8-10-7(5-11-8)4-3-6-1-2-6/h5-6H,1-2H2,(H2,9,10). The van der Waals surface area contributed by atoms with Gasteiger partial charge in [0.05, 0.1) is 0 Å². The van der Waals surface area contributed by atoms with E-state index < -0.39 is 0 Å².